The van der Waals surface area contributed by atoms with Crippen LogP contribution in [0.5, 0.6) is 5.75 Å². The standard InChI is InChI=1S/C12H17FN2O2/c1-14-6-11(16)10-5-9(13)4-8(12(10)17)7-15(2)3/h4-5,14,17H,6-7H2,1-3H3. The Morgan fingerprint density at radius 3 is 2.65 bits per heavy atom. The summed E-state index contributed by atoms with van der Waals surface area (Å²) in [6.45, 7) is 0.446. The largest absolute Gasteiger partial charge is 0.507 e. The van der Waals surface area contributed by atoms with E-state index in [2.05, 4.69) is 5.32 Å². The van der Waals surface area contributed by atoms with E-state index in [0.29, 0.717) is 12.1 Å². The summed E-state index contributed by atoms with van der Waals surface area (Å²) in [5, 5.41) is 12.6. The fourth-order valence-electron chi connectivity index (χ4n) is 1.59. The molecule has 0 saturated carbocycles. The topological polar surface area (TPSA) is 52.6 Å². The highest BCUT2D eigenvalue weighted by Crippen LogP contribution is 2.25. The first-order valence-corrected chi connectivity index (χ1v) is 5.29. The van der Waals surface area contributed by atoms with Gasteiger partial charge in [0.1, 0.15) is 11.6 Å². The smallest absolute Gasteiger partial charge is 0.180 e. The van der Waals surface area contributed by atoms with Crippen LogP contribution in [0.25, 0.3) is 0 Å². The molecule has 0 amide bonds. The van der Waals surface area contributed by atoms with Gasteiger partial charge in [-0.2, -0.15) is 0 Å². The van der Waals surface area contributed by atoms with Gasteiger partial charge in [-0.25, -0.2) is 4.39 Å². The van der Waals surface area contributed by atoms with Gasteiger partial charge in [-0.3, -0.25) is 4.79 Å². The Balaban J connectivity index is 3.13. The number of aromatic hydroxyl groups is 1. The summed E-state index contributed by atoms with van der Waals surface area (Å²) in [5.41, 5.74) is 0.436. The van der Waals surface area contributed by atoms with Crippen LogP contribution in [0.3, 0.4) is 0 Å². The number of rotatable bonds is 5. The molecule has 4 nitrogen and oxygen atoms in total. The Labute approximate surface area is 100 Å². The van der Waals surface area contributed by atoms with Crippen molar-refractivity contribution in [3.63, 3.8) is 0 Å². The minimum atomic E-state index is -0.515. The number of carbonyl (C=O) groups is 1. The Morgan fingerprint density at radius 2 is 2.12 bits per heavy atom. The molecule has 0 heterocycles. The first-order valence-electron chi connectivity index (χ1n) is 5.29. The van der Waals surface area contributed by atoms with E-state index in [-0.39, 0.29) is 23.6 Å². The number of nitrogens with zero attached hydrogens (tertiary/aromatic N) is 1. The second-order valence-corrected chi connectivity index (χ2v) is 4.15. The molecule has 0 aliphatic carbocycles. The van der Waals surface area contributed by atoms with E-state index in [1.54, 1.807) is 26.0 Å². The van der Waals surface area contributed by atoms with Crippen molar-refractivity contribution in [2.75, 3.05) is 27.7 Å². The normalized spacial score (nSPS) is 10.9. The number of phenols is 1. The summed E-state index contributed by atoms with van der Waals surface area (Å²) < 4.78 is 13.4. The van der Waals surface area contributed by atoms with Crippen molar-refractivity contribution in [1.29, 1.82) is 0 Å². The monoisotopic (exact) mass is 240 g/mol. The fraction of sp³-hybridized carbons (Fsp3) is 0.417. The molecule has 0 unspecified atom stereocenters. The molecule has 1 aromatic carbocycles. The number of Topliss-reactive ketones (excluding diaryl/α,β-unsaturated/α-hetero) is 1. The highest BCUT2D eigenvalue weighted by atomic mass is 19.1. The van der Waals surface area contributed by atoms with Crippen LogP contribution in [0.15, 0.2) is 12.1 Å². The third-order valence-electron chi connectivity index (χ3n) is 2.28. The van der Waals surface area contributed by atoms with Crippen molar-refractivity contribution in [1.82, 2.24) is 10.2 Å². The predicted octanol–water partition coefficient (Wildman–Crippen LogP) is 0.995. The quantitative estimate of drug-likeness (QED) is 0.754. The van der Waals surface area contributed by atoms with E-state index in [1.165, 1.54) is 6.07 Å². The minimum Gasteiger partial charge on any atom is -0.507 e. The van der Waals surface area contributed by atoms with Crippen LogP contribution in [0.2, 0.25) is 0 Å². The maximum Gasteiger partial charge on any atom is 0.180 e. The lowest BCUT2D eigenvalue weighted by molar-refractivity contribution is 0.0990. The van der Waals surface area contributed by atoms with Crippen molar-refractivity contribution < 1.29 is 14.3 Å². The van der Waals surface area contributed by atoms with E-state index in [0.717, 1.165) is 6.07 Å². The van der Waals surface area contributed by atoms with Crippen LogP contribution in [0, 0.1) is 5.82 Å². The van der Waals surface area contributed by atoms with Crippen LogP contribution in [-0.2, 0) is 6.54 Å². The molecule has 0 bridgehead atoms. The van der Waals surface area contributed by atoms with Gasteiger partial charge in [0.05, 0.1) is 12.1 Å². The van der Waals surface area contributed by atoms with Gasteiger partial charge in [0.15, 0.2) is 5.78 Å². The van der Waals surface area contributed by atoms with E-state index in [4.69, 9.17) is 0 Å². The zero-order valence-corrected chi connectivity index (χ0v) is 10.2. The van der Waals surface area contributed by atoms with Crippen molar-refractivity contribution in [2.45, 2.75) is 6.54 Å². The molecule has 5 heteroatoms. The number of benzene rings is 1. The van der Waals surface area contributed by atoms with Crippen LogP contribution in [0.1, 0.15) is 15.9 Å². The molecule has 0 atom stereocenters. The zero-order chi connectivity index (χ0) is 13.0. The van der Waals surface area contributed by atoms with Gasteiger partial charge < -0.3 is 15.3 Å². The van der Waals surface area contributed by atoms with Gasteiger partial charge in [0.2, 0.25) is 0 Å². The lowest BCUT2D eigenvalue weighted by Gasteiger charge is -2.13. The number of nitrogens with one attached hydrogen (secondary N) is 1. The Morgan fingerprint density at radius 1 is 1.47 bits per heavy atom. The van der Waals surface area contributed by atoms with Crippen molar-refractivity contribution in [3.8, 4) is 5.75 Å². The summed E-state index contributed by atoms with van der Waals surface area (Å²) in [6, 6.07) is 2.31. The van der Waals surface area contributed by atoms with Crippen molar-refractivity contribution in [3.05, 3.63) is 29.1 Å². The first-order chi connectivity index (χ1) is 7.95. The molecular formula is C12H17FN2O2. The Bertz CT molecular complexity index is 419. The Kier molecular flexibility index (Phi) is 4.60. The molecule has 0 spiro atoms. The van der Waals surface area contributed by atoms with Gasteiger partial charge in [0, 0.05) is 12.1 Å². The minimum absolute atomic E-state index is 0.0243. The average Bonchev–Trinajstić information content (AvgIpc) is 2.22. The number of hydrogen-bond donors (Lipinski definition) is 2. The molecule has 1 aromatic rings. The fourth-order valence-corrected chi connectivity index (χ4v) is 1.59. The molecule has 0 aliphatic heterocycles. The summed E-state index contributed by atoms with van der Waals surface area (Å²) in [7, 11) is 5.23. The second-order valence-electron chi connectivity index (χ2n) is 4.15. The molecule has 17 heavy (non-hydrogen) atoms. The maximum absolute atomic E-state index is 13.4. The van der Waals surface area contributed by atoms with Gasteiger partial charge in [-0.05, 0) is 33.3 Å². The highest BCUT2D eigenvalue weighted by Gasteiger charge is 2.16. The van der Waals surface area contributed by atoms with Gasteiger partial charge >= 0.3 is 0 Å². The highest BCUT2D eigenvalue weighted by molar-refractivity contribution is 6.00. The van der Waals surface area contributed by atoms with E-state index < -0.39 is 5.82 Å². The summed E-state index contributed by atoms with van der Waals surface area (Å²) in [4.78, 5) is 13.4. The SMILES string of the molecule is CNCC(=O)c1cc(F)cc(CN(C)C)c1O. The predicted molar refractivity (Wildman–Crippen MR) is 63.7 cm³/mol. The molecule has 0 aliphatic rings. The number of ketones is 1. The number of carbonyl (C=O) groups excluding carboxylic acids is 1. The molecule has 1 rings (SSSR count). The molecule has 94 valence electrons. The van der Waals surface area contributed by atoms with E-state index in [1.807, 2.05) is 0 Å². The average molecular weight is 240 g/mol. The summed E-state index contributed by atoms with van der Waals surface area (Å²) >= 11 is 0. The van der Waals surface area contributed by atoms with Crippen LogP contribution < -0.4 is 5.32 Å². The molecular weight excluding hydrogens is 223 g/mol. The summed E-state index contributed by atoms with van der Waals surface area (Å²) in [5.74, 6) is -0.982. The van der Waals surface area contributed by atoms with Crippen molar-refractivity contribution in [2.24, 2.45) is 0 Å². The third-order valence-corrected chi connectivity index (χ3v) is 2.28. The van der Waals surface area contributed by atoms with Gasteiger partial charge in [-0.15, -0.1) is 0 Å². The number of phenolic OH excluding ortho intramolecular Hbond substituents is 1. The van der Waals surface area contributed by atoms with E-state index in [9.17, 15) is 14.3 Å². The Hall–Kier alpha value is -1.46. The maximum atomic E-state index is 13.4. The number of hydrogen-bond acceptors (Lipinski definition) is 4. The van der Waals surface area contributed by atoms with Crippen molar-refractivity contribution >= 4 is 5.78 Å². The zero-order valence-electron chi connectivity index (χ0n) is 10.2. The molecule has 2 N–H and O–H groups in total. The molecule has 0 radical (unpaired) electrons. The van der Waals surface area contributed by atoms with E-state index >= 15 is 0 Å². The number of likely N-dealkylation sites (N-methyl/N-ethyl adjacent to an activating group) is 1. The van der Waals surface area contributed by atoms with Crippen LogP contribution in [0.4, 0.5) is 4.39 Å². The molecule has 0 fully saturated rings. The van der Waals surface area contributed by atoms with Gasteiger partial charge in [-0.1, -0.05) is 0 Å². The number of halogens is 1. The third kappa shape index (κ3) is 3.51. The summed E-state index contributed by atoms with van der Waals surface area (Å²) in [6.07, 6.45) is 0. The lowest BCUT2D eigenvalue weighted by Crippen LogP contribution is -2.19. The second kappa shape index (κ2) is 5.75. The first kappa shape index (κ1) is 13.6. The van der Waals surface area contributed by atoms with Crippen LogP contribution >= 0.6 is 0 Å². The van der Waals surface area contributed by atoms with Crippen LogP contribution in [-0.4, -0.2) is 43.5 Å². The van der Waals surface area contributed by atoms with Gasteiger partial charge in [0.25, 0.3) is 0 Å². The lowest BCUT2D eigenvalue weighted by atomic mass is 10.0. The molecule has 0 saturated heterocycles. The molecule has 0 aromatic heterocycles.